The quantitative estimate of drug-likeness (QED) is 0.815. The lowest BCUT2D eigenvalue weighted by atomic mass is 9.85. The number of hydrogen-bond donors (Lipinski definition) is 2. The van der Waals surface area contributed by atoms with Crippen molar-refractivity contribution in [2.45, 2.75) is 19.3 Å². The minimum Gasteiger partial charge on any atom is -0.482 e. The van der Waals surface area contributed by atoms with Crippen LogP contribution in [0.1, 0.15) is 19.3 Å². The molecule has 1 aliphatic carbocycles. The first kappa shape index (κ1) is 12.1. The van der Waals surface area contributed by atoms with Gasteiger partial charge in [0, 0.05) is 19.7 Å². The molecule has 3 N–H and O–H groups in total. The summed E-state index contributed by atoms with van der Waals surface area (Å²) in [4.78, 5) is 13.5. The molecule has 0 aromatic heterocycles. The molecule has 0 radical (unpaired) electrons. The van der Waals surface area contributed by atoms with E-state index in [0.29, 0.717) is 17.1 Å². The van der Waals surface area contributed by atoms with E-state index in [9.17, 15) is 4.79 Å². The number of carbonyl (C=O) groups is 1. The summed E-state index contributed by atoms with van der Waals surface area (Å²) in [7, 11) is 2.04. The predicted octanol–water partition coefficient (Wildman–Crippen LogP) is 1.84. The van der Waals surface area contributed by atoms with Crippen molar-refractivity contribution in [2.75, 3.05) is 36.1 Å². The number of nitrogen functional groups attached to an aromatic ring is 1. The fourth-order valence-corrected chi connectivity index (χ4v) is 2.62. The van der Waals surface area contributed by atoms with Crippen molar-refractivity contribution >= 4 is 23.0 Å². The number of fused-ring (bicyclic) bond motifs is 1. The third-order valence-corrected chi connectivity index (χ3v) is 3.93. The van der Waals surface area contributed by atoms with Crippen molar-refractivity contribution in [3.8, 4) is 5.75 Å². The molecular weight excluding hydrogens is 242 g/mol. The molecule has 0 atom stereocenters. The Morgan fingerprint density at radius 2 is 2.26 bits per heavy atom. The van der Waals surface area contributed by atoms with Gasteiger partial charge in [-0.15, -0.1) is 0 Å². The molecule has 0 unspecified atom stereocenters. The first-order chi connectivity index (χ1) is 9.13. The maximum atomic E-state index is 11.3. The van der Waals surface area contributed by atoms with Crippen LogP contribution in [0.15, 0.2) is 12.1 Å². The highest BCUT2D eigenvalue weighted by Gasteiger charge is 2.22. The van der Waals surface area contributed by atoms with Crippen LogP contribution in [-0.4, -0.2) is 26.1 Å². The molecule has 2 aliphatic rings. The molecule has 1 aromatic rings. The second kappa shape index (κ2) is 4.64. The smallest absolute Gasteiger partial charge is 0.262 e. The summed E-state index contributed by atoms with van der Waals surface area (Å²) in [5.41, 5.74) is 8.44. The van der Waals surface area contributed by atoms with Gasteiger partial charge < -0.3 is 20.7 Å². The molecule has 19 heavy (non-hydrogen) atoms. The van der Waals surface area contributed by atoms with Gasteiger partial charge in [-0.1, -0.05) is 6.42 Å². The third-order valence-electron chi connectivity index (χ3n) is 3.93. The van der Waals surface area contributed by atoms with Crippen LogP contribution in [0.2, 0.25) is 0 Å². The Morgan fingerprint density at radius 1 is 1.47 bits per heavy atom. The summed E-state index contributed by atoms with van der Waals surface area (Å²) >= 11 is 0. The molecule has 0 bridgehead atoms. The van der Waals surface area contributed by atoms with Crippen LogP contribution in [0.3, 0.4) is 0 Å². The van der Waals surface area contributed by atoms with Gasteiger partial charge in [-0.25, -0.2) is 0 Å². The van der Waals surface area contributed by atoms with Crippen LogP contribution in [0, 0.1) is 5.92 Å². The maximum Gasteiger partial charge on any atom is 0.262 e. The number of carbonyl (C=O) groups excluding carboxylic acids is 1. The number of nitrogens with one attached hydrogen (secondary N) is 1. The minimum atomic E-state index is -0.120. The Bertz CT molecular complexity index is 512. The highest BCUT2D eigenvalue weighted by molar-refractivity contribution is 5.97. The van der Waals surface area contributed by atoms with Gasteiger partial charge in [-0.2, -0.15) is 0 Å². The first-order valence-electron chi connectivity index (χ1n) is 6.71. The van der Waals surface area contributed by atoms with Crippen LogP contribution >= 0.6 is 0 Å². The normalized spacial score (nSPS) is 18.1. The van der Waals surface area contributed by atoms with Crippen LogP contribution in [-0.2, 0) is 4.79 Å². The monoisotopic (exact) mass is 261 g/mol. The molecule has 1 fully saturated rings. The first-order valence-corrected chi connectivity index (χ1v) is 6.71. The van der Waals surface area contributed by atoms with E-state index < -0.39 is 0 Å². The Kier molecular flexibility index (Phi) is 2.97. The molecule has 1 heterocycles. The molecule has 0 spiro atoms. The number of nitrogens with zero attached hydrogens (tertiary/aromatic N) is 1. The summed E-state index contributed by atoms with van der Waals surface area (Å²) in [5, 5.41) is 2.82. The van der Waals surface area contributed by atoms with E-state index in [1.54, 1.807) is 6.07 Å². The average molecular weight is 261 g/mol. The number of amides is 1. The maximum absolute atomic E-state index is 11.3. The highest BCUT2D eigenvalue weighted by atomic mass is 16.5. The van der Waals surface area contributed by atoms with Gasteiger partial charge in [-0.3, -0.25) is 4.79 Å². The van der Waals surface area contributed by atoms with Gasteiger partial charge in [0.25, 0.3) is 5.91 Å². The van der Waals surface area contributed by atoms with Gasteiger partial charge >= 0.3 is 0 Å². The van der Waals surface area contributed by atoms with Crippen molar-refractivity contribution in [3.05, 3.63) is 12.1 Å². The predicted molar refractivity (Wildman–Crippen MR) is 75.6 cm³/mol. The van der Waals surface area contributed by atoms with E-state index in [4.69, 9.17) is 10.5 Å². The molecule has 0 saturated heterocycles. The summed E-state index contributed by atoms with van der Waals surface area (Å²) in [5.74, 6) is 1.30. The van der Waals surface area contributed by atoms with Crippen LogP contribution in [0.25, 0.3) is 0 Å². The Morgan fingerprint density at radius 3 is 2.95 bits per heavy atom. The van der Waals surface area contributed by atoms with Crippen molar-refractivity contribution in [2.24, 2.45) is 5.92 Å². The van der Waals surface area contributed by atoms with Crippen molar-refractivity contribution in [1.82, 2.24) is 0 Å². The summed E-state index contributed by atoms with van der Waals surface area (Å²) < 4.78 is 5.35. The van der Waals surface area contributed by atoms with Gasteiger partial charge in [0.1, 0.15) is 5.75 Å². The number of ether oxygens (including phenoxy) is 1. The van der Waals surface area contributed by atoms with Crippen molar-refractivity contribution in [3.63, 3.8) is 0 Å². The Labute approximate surface area is 112 Å². The van der Waals surface area contributed by atoms with Gasteiger partial charge in [0.05, 0.1) is 17.1 Å². The lowest BCUT2D eigenvalue weighted by Gasteiger charge is -2.32. The lowest BCUT2D eigenvalue weighted by molar-refractivity contribution is -0.118. The second-order valence-corrected chi connectivity index (χ2v) is 5.42. The van der Waals surface area contributed by atoms with Crippen LogP contribution in [0.4, 0.5) is 17.1 Å². The van der Waals surface area contributed by atoms with Gasteiger partial charge in [0.15, 0.2) is 6.61 Å². The highest BCUT2D eigenvalue weighted by Crippen LogP contribution is 2.37. The third kappa shape index (κ3) is 2.32. The van der Waals surface area contributed by atoms with Gasteiger partial charge in [-0.05, 0) is 24.8 Å². The molecular formula is C14H19N3O2. The molecule has 3 rings (SSSR count). The number of rotatable bonds is 3. The van der Waals surface area contributed by atoms with Gasteiger partial charge in [0.2, 0.25) is 0 Å². The second-order valence-electron chi connectivity index (χ2n) is 5.42. The lowest BCUT2D eigenvalue weighted by Crippen LogP contribution is -2.30. The zero-order chi connectivity index (χ0) is 13.4. The van der Waals surface area contributed by atoms with Crippen LogP contribution < -0.4 is 20.7 Å². The van der Waals surface area contributed by atoms with E-state index in [1.165, 1.54) is 19.3 Å². The molecule has 1 aliphatic heterocycles. The molecule has 5 nitrogen and oxygen atoms in total. The standard InChI is InChI=1S/C14H19N3O2/c1-17(7-9-3-2-4-9)12-6-11-13(5-10(12)15)19-8-14(18)16-11/h5-6,9H,2-4,7-8,15H2,1H3,(H,16,18). The fourth-order valence-electron chi connectivity index (χ4n) is 2.62. The number of benzene rings is 1. The zero-order valence-electron chi connectivity index (χ0n) is 11.1. The fraction of sp³-hybridized carbons (Fsp3) is 0.500. The van der Waals surface area contributed by atoms with E-state index in [-0.39, 0.29) is 12.5 Å². The molecule has 1 amide bonds. The van der Waals surface area contributed by atoms with E-state index >= 15 is 0 Å². The topological polar surface area (TPSA) is 67.6 Å². The van der Waals surface area contributed by atoms with E-state index in [1.807, 2.05) is 13.1 Å². The van der Waals surface area contributed by atoms with Crippen molar-refractivity contribution in [1.29, 1.82) is 0 Å². The number of nitrogens with two attached hydrogens (primary N) is 1. The Hall–Kier alpha value is -1.91. The summed E-state index contributed by atoms with van der Waals surface area (Å²) in [6.45, 7) is 1.07. The minimum absolute atomic E-state index is 0.0592. The zero-order valence-corrected chi connectivity index (χ0v) is 11.1. The average Bonchev–Trinajstić information content (AvgIpc) is 2.33. The molecule has 1 saturated carbocycles. The number of hydrogen-bond acceptors (Lipinski definition) is 4. The van der Waals surface area contributed by atoms with Crippen molar-refractivity contribution < 1.29 is 9.53 Å². The molecule has 102 valence electrons. The Balaban J connectivity index is 1.84. The number of anilines is 3. The molecule has 5 heteroatoms. The van der Waals surface area contributed by atoms with Crippen LogP contribution in [0.5, 0.6) is 5.75 Å². The largest absolute Gasteiger partial charge is 0.482 e. The molecule has 1 aromatic carbocycles. The van der Waals surface area contributed by atoms with E-state index in [0.717, 1.165) is 18.2 Å². The van der Waals surface area contributed by atoms with E-state index in [2.05, 4.69) is 10.2 Å². The SMILES string of the molecule is CN(CC1CCC1)c1cc2c(cc1N)OCC(=O)N2. The summed E-state index contributed by atoms with van der Waals surface area (Å²) in [6, 6.07) is 3.70. The summed E-state index contributed by atoms with van der Waals surface area (Å²) in [6.07, 6.45) is 3.94.